The van der Waals surface area contributed by atoms with Gasteiger partial charge in [-0.15, -0.1) is 0 Å². The zero-order valence-corrected chi connectivity index (χ0v) is 15.0. The van der Waals surface area contributed by atoms with E-state index in [9.17, 15) is 4.79 Å². The summed E-state index contributed by atoms with van der Waals surface area (Å²) in [5.74, 6) is 2.55. The lowest BCUT2D eigenvalue weighted by molar-refractivity contribution is -0.131. The normalized spacial score (nSPS) is 49.2. The number of hydrogen-bond acceptors (Lipinski definition) is 4. The number of carbonyl (C=O) groups excluding carboxylic acids is 1. The van der Waals surface area contributed by atoms with Crippen LogP contribution in [0.1, 0.15) is 65.2 Å². The summed E-state index contributed by atoms with van der Waals surface area (Å²) in [4.78, 5) is 12.4. The van der Waals surface area contributed by atoms with Gasteiger partial charge in [0.25, 0.3) is 0 Å². The SMILES string of the molecule is C[C@]12CCC(OSO)CC1=CC[C@@H]1C2CC[C@]2(C)C(=O)CCC12. The van der Waals surface area contributed by atoms with Crippen LogP contribution in [0.2, 0.25) is 0 Å². The Hall–Kier alpha value is -0.320. The van der Waals surface area contributed by atoms with Crippen molar-refractivity contribution in [1.82, 2.24) is 0 Å². The molecule has 0 aromatic rings. The van der Waals surface area contributed by atoms with Crippen LogP contribution in [0.25, 0.3) is 0 Å². The third kappa shape index (κ3) is 2.28. The summed E-state index contributed by atoms with van der Waals surface area (Å²) >= 11 is 0.517. The fourth-order valence-electron chi connectivity index (χ4n) is 6.54. The first-order chi connectivity index (χ1) is 11.0. The van der Waals surface area contributed by atoms with Gasteiger partial charge in [-0.1, -0.05) is 25.5 Å². The van der Waals surface area contributed by atoms with Crippen molar-refractivity contribution in [3.63, 3.8) is 0 Å². The number of ketones is 1. The second kappa shape index (κ2) is 5.60. The maximum atomic E-state index is 12.4. The van der Waals surface area contributed by atoms with Crippen LogP contribution in [0.5, 0.6) is 0 Å². The van der Waals surface area contributed by atoms with Crippen molar-refractivity contribution in [3.8, 4) is 0 Å². The van der Waals surface area contributed by atoms with Crippen molar-refractivity contribution < 1.29 is 13.5 Å². The highest BCUT2D eigenvalue weighted by Gasteiger charge is 2.58. The first-order valence-electron chi connectivity index (χ1n) is 9.19. The van der Waals surface area contributed by atoms with Gasteiger partial charge in [0.05, 0.1) is 6.10 Å². The Balaban J connectivity index is 1.61. The Bertz CT molecular complexity index is 545. The lowest BCUT2D eigenvalue weighted by Gasteiger charge is -2.56. The summed E-state index contributed by atoms with van der Waals surface area (Å²) in [6.07, 6.45) is 11.1. The molecule has 4 aliphatic carbocycles. The van der Waals surface area contributed by atoms with Crippen LogP contribution < -0.4 is 0 Å². The Morgan fingerprint density at radius 3 is 2.70 bits per heavy atom. The molecule has 0 heterocycles. The summed E-state index contributed by atoms with van der Waals surface area (Å²) in [7, 11) is 0. The van der Waals surface area contributed by atoms with Gasteiger partial charge in [-0.25, -0.2) is 0 Å². The van der Waals surface area contributed by atoms with Crippen LogP contribution in [0.3, 0.4) is 0 Å². The molecule has 1 N–H and O–H groups in total. The summed E-state index contributed by atoms with van der Waals surface area (Å²) in [5, 5.41) is 0. The van der Waals surface area contributed by atoms with Crippen LogP contribution in [-0.2, 0) is 8.98 Å². The molecular weight excluding hydrogens is 308 g/mol. The zero-order chi connectivity index (χ0) is 16.2. The number of carbonyl (C=O) groups is 1. The zero-order valence-electron chi connectivity index (χ0n) is 14.2. The average Bonchev–Trinajstić information content (AvgIpc) is 2.84. The van der Waals surface area contributed by atoms with Crippen molar-refractivity contribution in [2.24, 2.45) is 28.6 Å². The van der Waals surface area contributed by atoms with Gasteiger partial charge in [0.15, 0.2) is 12.3 Å². The van der Waals surface area contributed by atoms with E-state index >= 15 is 0 Å². The fourth-order valence-corrected chi connectivity index (χ4v) is 6.83. The number of Topliss-reactive ketones (excluding diaryl/α,β-unsaturated/α-hetero) is 1. The lowest BCUT2D eigenvalue weighted by atomic mass is 9.48. The molecule has 4 aliphatic rings. The number of rotatable bonds is 2. The smallest absolute Gasteiger partial charge is 0.155 e. The lowest BCUT2D eigenvalue weighted by Crippen LogP contribution is -2.50. The second-order valence-electron chi connectivity index (χ2n) is 8.71. The predicted molar refractivity (Wildman–Crippen MR) is 91.8 cm³/mol. The molecule has 0 aliphatic heterocycles. The molecule has 3 unspecified atom stereocenters. The van der Waals surface area contributed by atoms with Gasteiger partial charge in [-0.2, -0.15) is 0 Å². The van der Waals surface area contributed by atoms with E-state index in [4.69, 9.17) is 8.74 Å². The molecule has 0 aromatic carbocycles. The second-order valence-corrected chi connectivity index (χ2v) is 9.05. The van der Waals surface area contributed by atoms with Gasteiger partial charge in [-0.05, 0) is 68.1 Å². The van der Waals surface area contributed by atoms with Crippen LogP contribution in [0, 0.1) is 28.6 Å². The highest BCUT2D eigenvalue weighted by molar-refractivity contribution is 7.88. The van der Waals surface area contributed by atoms with Crippen LogP contribution in [0.15, 0.2) is 11.6 Å². The molecule has 128 valence electrons. The molecule has 0 saturated heterocycles. The highest BCUT2D eigenvalue weighted by Crippen LogP contribution is 2.64. The molecule has 3 nitrogen and oxygen atoms in total. The van der Waals surface area contributed by atoms with Crippen molar-refractivity contribution >= 4 is 18.1 Å². The van der Waals surface area contributed by atoms with Gasteiger partial charge in [0.1, 0.15) is 5.78 Å². The first kappa shape index (κ1) is 16.2. The summed E-state index contributed by atoms with van der Waals surface area (Å²) in [5.41, 5.74) is 1.81. The Morgan fingerprint density at radius 2 is 1.91 bits per heavy atom. The molecule has 0 amide bonds. The van der Waals surface area contributed by atoms with Crippen LogP contribution >= 0.6 is 12.3 Å². The number of allylic oxidation sites excluding steroid dienone is 1. The summed E-state index contributed by atoms with van der Waals surface area (Å²) in [6.45, 7) is 4.70. The van der Waals surface area contributed by atoms with E-state index in [1.54, 1.807) is 5.57 Å². The summed E-state index contributed by atoms with van der Waals surface area (Å²) in [6, 6.07) is 0. The van der Waals surface area contributed by atoms with E-state index in [0.717, 1.165) is 50.9 Å². The van der Waals surface area contributed by atoms with Crippen LogP contribution in [0.4, 0.5) is 0 Å². The van der Waals surface area contributed by atoms with Crippen molar-refractivity contribution in [2.45, 2.75) is 71.3 Å². The minimum Gasteiger partial charge on any atom is -0.307 e. The minimum absolute atomic E-state index is 0.0310. The average molecular weight is 336 g/mol. The third-order valence-electron chi connectivity index (χ3n) is 7.95. The molecular formula is C19H28O3S. The maximum Gasteiger partial charge on any atom is 0.155 e. The Kier molecular flexibility index (Phi) is 3.94. The topological polar surface area (TPSA) is 46.5 Å². The molecule has 3 saturated carbocycles. The van der Waals surface area contributed by atoms with E-state index in [-0.39, 0.29) is 16.9 Å². The minimum atomic E-state index is -0.0310. The molecule has 4 heteroatoms. The Morgan fingerprint density at radius 1 is 1.17 bits per heavy atom. The molecule has 0 spiro atoms. The monoisotopic (exact) mass is 336 g/mol. The van der Waals surface area contributed by atoms with E-state index in [0.29, 0.717) is 29.9 Å². The Labute approximate surface area is 143 Å². The predicted octanol–water partition coefficient (Wildman–Crippen LogP) is 5.02. The van der Waals surface area contributed by atoms with Gasteiger partial charge in [-0.3, -0.25) is 8.98 Å². The van der Waals surface area contributed by atoms with E-state index in [1.165, 1.54) is 6.42 Å². The summed E-state index contributed by atoms with van der Waals surface area (Å²) < 4.78 is 14.4. The number of fused-ring (bicyclic) bond motifs is 5. The molecule has 6 atom stereocenters. The third-order valence-corrected chi connectivity index (χ3v) is 8.31. The maximum absolute atomic E-state index is 12.4. The molecule has 4 rings (SSSR count). The largest absolute Gasteiger partial charge is 0.307 e. The molecule has 0 aromatic heterocycles. The quantitative estimate of drug-likeness (QED) is 0.568. The molecule has 0 bridgehead atoms. The fraction of sp³-hybridized carbons (Fsp3) is 0.842. The van der Waals surface area contributed by atoms with Gasteiger partial charge in [0, 0.05) is 11.8 Å². The standard InChI is InChI=1S/C19H28O3S/c1-18-9-7-13(22-23-21)11-12(18)3-4-14-15-5-6-17(20)19(15,2)10-8-16(14)18/h3,13-16,21H,4-11H2,1-2H3/t13?,14-,15?,16?,18-,19-/m0/s1. The van der Waals surface area contributed by atoms with Crippen molar-refractivity contribution in [1.29, 1.82) is 0 Å². The molecule has 0 radical (unpaired) electrons. The molecule has 3 fully saturated rings. The van der Waals surface area contributed by atoms with E-state index < -0.39 is 0 Å². The van der Waals surface area contributed by atoms with Crippen molar-refractivity contribution in [3.05, 3.63) is 11.6 Å². The number of hydrogen-bond donors (Lipinski definition) is 1. The van der Waals surface area contributed by atoms with Crippen LogP contribution in [-0.4, -0.2) is 16.4 Å². The highest BCUT2D eigenvalue weighted by atomic mass is 32.2. The first-order valence-corrected chi connectivity index (χ1v) is 9.88. The van der Waals surface area contributed by atoms with Crippen molar-refractivity contribution in [2.75, 3.05) is 0 Å². The van der Waals surface area contributed by atoms with Gasteiger partial charge < -0.3 is 4.55 Å². The molecule has 23 heavy (non-hydrogen) atoms. The van der Waals surface area contributed by atoms with Gasteiger partial charge in [0.2, 0.25) is 0 Å². The van der Waals surface area contributed by atoms with E-state index in [2.05, 4.69) is 19.9 Å². The van der Waals surface area contributed by atoms with E-state index in [1.807, 2.05) is 0 Å². The van der Waals surface area contributed by atoms with Gasteiger partial charge >= 0.3 is 0 Å².